The molecule has 0 aliphatic carbocycles. The van der Waals surface area contributed by atoms with Gasteiger partial charge in [0.25, 0.3) is 5.56 Å². The van der Waals surface area contributed by atoms with Crippen LogP contribution in [-0.4, -0.2) is 9.55 Å². The van der Waals surface area contributed by atoms with Crippen LogP contribution in [0.1, 0.15) is 17.2 Å². The first-order valence-electron chi connectivity index (χ1n) is 8.22. The van der Waals surface area contributed by atoms with E-state index in [0.29, 0.717) is 17.8 Å². The Kier molecular flexibility index (Phi) is 4.76. The Balaban J connectivity index is 1.91. The second-order valence-corrected chi connectivity index (χ2v) is 6.19. The molecule has 0 bridgehead atoms. The van der Waals surface area contributed by atoms with Gasteiger partial charge in [-0.25, -0.2) is 4.98 Å². The number of benzene rings is 2. The Morgan fingerprint density at radius 3 is 2.46 bits per heavy atom. The fraction of sp³-hybridized carbons (Fsp3) is 0.143. The van der Waals surface area contributed by atoms with Crippen LogP contribution in [0.2, 0.25) is 0 Å². The van der Waals surface area contributed by atoms with E-state index >= 15 is 0 Å². The van der Waals surface area contributed by atoms with E-state index in [0.717, 1.165) is 16.7 Å². The molecule has 130 valence electrons. The third kappa shape index (κ3) is 3.60. The van der Waals surface area contributed by atoms with Crippen molar-refractivity contribution in [3.8, 4) is 23.5 Å². The van der Waals surface area contributed by atoms with E-state index in [1.165, 1.54) is 10.6 Å². The maximum Gasteiger partial charge on any atom is 0.254 e. The summed E-state index contributed by atoms with van der Waals surface area (Å²) in [6.45, 7) is 0. The average Bonchev–Trinajstić information content (AvgIpc) is 2.64. The zero-order valence-electron chi connectivity index (χ0n) is 14.5. The van der Waals surface area contributed by atoms with Gasteiger partial charge in [-0.2, -0.15) is 0 Å². The molecule has 2 aromatic carbocycles. The molecule has 1 heterocycles. The Morgan fingerprint density at radius 2 is 1.81 bits per heavy atom. The molecule has 0 spiro atoms. The zero-order valence-corrected chi connectivity index (χ0v) is 14.5. The van der Waals surface area contributed by atoms with E-state index in [1.54, 1.807) is 7.05 Å². The van der Waals surface area contributed by atoms with Crippen LogP contribution >= 0.6 is 0 Å². The van der Waals surface area contributed by atoms with Gasteiger partial charge in [0.1, 0.15) is 0 Å². The smallest absolute Gasteiger partial charge is 0.254 e. The lowest BCUT2D eigenvalue weighted by Gasteiger charge is -2.13. The van der Waals surface area contributed by atoms with Gasteiger partial charge in [0.2, 0.25) is 5.95 Å². The summed E-state index contributed by atoms with van der Waals surface area (Å²) in [5.41, 5.74) is 15.8. The molecule has 0 fully saturated rings. The Bertz CT molecular complexity index is 1050. The molecule has 26 heavy (non-hydrogen) atoms. The normalized spacial score (nSPS) is 11.7. The summed E-state index contributed by atoms with van der Waals surface area (Å²) in [6, 6.07) is 17.3. The van der Waals surface area contributed by atoms with Crippen molar-refractivity contribution in [2.24, 2.45) is 7.05 Å². The maximum absolute atomic E-state index is 12.0. The lowest BCUT2D eigenvalue weighted by Crippen LogP contribution is -2.23. The quantitative estimate of drug-likeness (QED) is 0.562. The van der Waals surface area contributed by atoms with E-state index in [4.69, 9.17) is 17.9 Å². The van der Waals surface area contributed by atoms with Crippen molar-refractivity contribution in [3.63, 3.8) is 0 Å². The minimum absolute atomic E-state index is 0.154. The number of hydrogen-bond donors (Lipinski definition) is 2. The van der Waals surface area contributed by atoms with Gasteiger partial charge in [-0.15, -0.1) is 6.42 Å². The summed E-state index contributed by atoms with van der Waals surface area (Å²) in [5.74, 6) is 2.55. The largest absolute Gasteiger partial charge is 0.399 e. The van der Waals surface area contributed by atoms with E-state index in [2.05, 4.69) is 17.0 Å². The number of rotatable bonds is 4. The molecule has 0 unspecified atom stereocenters. The van der Waals surface area contributed by atoms with Gasteiger partial charge in [0, 0.05) is 18.8 Å². The molecule has 4 N–H and O–H groups in total. The molecule has 3 aromatic rings. The van der Waals surface area contributed by atoms with Crippen LogP contribution in [0.15, 0.2) is 59.4 Å². The van der Waals surface area contributed by atoms with E-state index in [-0.39, 0.29) is 17.4 Å². The Morgan fingerprint density at radius 1 is 1.12 bits per heavy atom. The first-order chi connectivity index (χ1) is 12.5. The molecule has 5 heteroatoms. The zero-order chi connectivity index (χ0) is 18.7. The second kappa shape index (κ2) is 7.16. The van der Waals surface area contributed by atoms with Crippen LogP contribution in [-0.2, 0) is 13.5 Å². The van der Waals surface area contributed by atoms with Crippen LogP contribution in [0.5, 0.6) is 0 Å². The number of terminal acetylenes is 1. The molecule has 0 saturated heterocycles. The molecule has 0 radical (unpaired) electrons. The summed E-state index contributed by atoms with van der Waals surface area (Å²) >= 11 is 0. The standard InChI is InChI=1S/C21H20N4O/c1-3-15(19-13-20(26)25(2)21(23)24-19)10-14-6-4-7-16(11-14)17-8-5-9-18(22)12-17/h1,4-9,11-13,15H,10,22H2,2H3,(H2,23,24)/t15-/m0/s1. The second-order valence-electron chi connectivity index (χ2n) is 6.19. The molecule has 1 atom stereocenters. The lowest BCUT2D eigenvalue weighted by molar-refractivity contribution is 0.773. The molecule has 3 rings (SSSR count). The SMILES string of the molecule is C#C[C@@H](Cc1cccc(-c2cccc(N)c2)c1)c1cc(=O)n(C)c(N)n1. The summed E-state index contributed by atoms with van der Waals surface area (Å²) in [7, 11) is 1.58. The number of nitrogens with two attached hydrogens (primary N) is 2. The lowest BCUT2D eigenvalue weighted by atomic mass is 9.94. The molecule has 1 aromatic heterocycles. The molecular weight excluding hydrogens is 324 g/mol. The number of nitrogen functional groups attached to an aromatic ring is 2. The van der Waals surface area contributed by atoms with Gasteiger partial charge in [0.15, 0.2) is 0 Å². The van der Waals surface area contributed by atoms with Crippen molar-refractivity contribution in [1.82, 2.24) is 9.55 Å². The fourth-order valence-corrected chi connectivity index (χ4v) is 2.83. The first-order valence-corrected chi connectivity index (χ1v) is 8.22. The third-order valence-electron chi connectivity index (χ3n) is 4.33. The van der Waals surface area contributed by atoms with Crippen LogP contribution in [0.25, 0.3) is 11.1 Å². The van der Waals surface area contributed by atoms with Crippen molar-refractivity contribution in [1.29, 1.82) is 0 Å². The van der Waals surface area contributed by atoms with E-state index in [9.17, 15) is 4.79 Å². The Labute approximate surface area is 152 Å². The van der Waals surface area contributed by atoms with Crippen molar-refractivity contribution >= 4 is 11.6 Å². The number of anilines is 2. The minimum Gasteiger partial charge on any atom is -0.399 e. The summed E-state index contributed by atoms with van der Waals surface area (Å²) in [6.07, 6.45) is 6.27. The van der Waals surface area contributed by atoms with Crippen molar-refractivity contribution < 1.29 is 0 Å². The first kappa shape index (κ1) is 17.3. The minimum atomic E-state index is -0.331. The Hall–Kier alpha value is -3.52. The predicted octanol–water partition coefficient (Wildman–Crippen LogP) is 2.57. The van der Waals surface area contributed by atoms with E-state index < -0.39 is 0 Å². The van der Waals surface area contributed by atoms with Crippen molar-refractivity contribution in [2.75, 3.05) is 11.5 Å². The highest BCUT2D eigenvalue weighted by molar-refractivity contribution is 5.67. The van der Waals surface area contributed by atoms with E-state index in [1.807, 2.05) is 42.5 Å². The predicted molar refractivity (Wildman–Crippen MR) is 105 cm³/mol. The molecular formula is C21H20N4O. The van der Waals surface area contributed by atoms with Gasteiger partial charge in [-0.1, -0.05) is 42.3 Å². The highest BCUT2D eigenvalue weighted by Gasteiger charge is 2.14. The number of hydrogen-bond acceptors (Lipinski definition) is 4. The average molecular weight is 344 g/mol. The number of nitrogens with zero attached hydrogens (tertiary/aromatic N) is 2. The summed E-state index contributed by atoms with van der Waals surface area (Å²) in [4.78, 5) is 16.2. The third-order valence-corrected chi connectivity index (χ3v) is 4.33. The molecule has 0 saturated carbocycles. The van der Waals surface area contributed by atoms with Crippen LogP contribution in [0.3, 0.4) is 0 Å². The van der Waals surface area contributed by atoms with Gasteiger partial charge < -0.3 is 11.5 Å². The van der Waals surface area contributed by atoms with Gasteiger partial charge >= 0.3 is 0 Å². The van der Waals surface area contributed by atoms with Gasteiger partial charge in [-0.3, -0.25) is 9.36 Å². The summed E-state index contributed by atoms with van der Waals surface area (Å²) in [5, 5.41) is 0. The van der Waals surface area contributed by atoms with Crippen molar-refractivity contribution in [3.05, 3.63) is 76.2 Å². The molecule has 5 nitrogen and oxygen atoms in total. The summed E-state index contributed by atoms with van der Waals surface area (Å²) < 4.78 is 1.29. The van der Waals surface area contributed by atoms with Crippen LogP contribution < -0.4 is 17.0 Å². The van der Waals surface area contributed by atoms with Crippen LogP contribution in [0.4, 0.5) is 11.6 Å². The maximum atomic E-state index is 12.0. The van der Waals surface area contributed by atoms with Crippen LogP contribution in [0, 0.1) is 12.3 Å². The highest BCUT2D eigenvalue weighted by atomic mass is 16.1. The van der Waals surface area contributed by atoms with Gasteiger partial charge in [0.05, 0.1) is 11.6 Å². The molecule has 0 aliphatic rings. The topological polar surface area (TPSA) is 86.9 Å². The van der Waals surface area contributed by atoms with Gasteiger partial charge in [-0.05, 0) is 35.2 Å². The highest BCUT2D eigenvalue weighted by Crippen LogP contribution is 2.25. The fourth-order valence-electron chi connectivity index (χ4n) is 2.83. The molecule has 0 aliphatic heterocycles. The molecule has 0 amide bonds. The van der Waals surface area contributed by atoms with Crippen molar-refractivity contribution in [2.45, 2.75) is 12.3 Å². The monoisotopic (exact) mass is 344 g/mol. The number of aromatic nitrogens is 2.